The Bertz CT molecular complexity index is 104. The number of unbranched alkanes of at least 4 members (excludes halogenated alkanes) is 1. The third kappa shape index (κ3) is 12.8. The topological polar surface area (TPSA) is 25.8 Å². The molecule has 1 aromatic heterocycles. The average molecular weight is 144 g/mol. The van der Waals surface area contributed by atoms with Gasteiger partial charge in [0.1, 0.15) is 6.33 Å². The molecule has 0 bridgehead atoms. The summed E-state index contributed by atoms with van der Waals surface area (Å²) >= 11 is 0. The molecule has 1 aromatic rings. The van der Waals surface area contributed by atoms with E-state index >= 15 is 0 Å². The standard InChI is InChI=1S/C4H4N2.C4H9.Li/c1-2-5-4-6-3-1;1-3-4-2;/h1-4H;1,3-4H2,2H3;/q;-1;+1. The SMILES string of the molecule is [CH2-]CCC.[Li+].c1cncnc1. The minimum Gasteiger partial charge on any atom is -0.343 e. The van der Waals surface area contributed by atoms with Crippen molar-refractivity contribution in [1.29, 1.82) is 0 Å². The quantitative estimate of drug-likeness (QED) is 0.377. The smallest absolute Gasteiger partial charge is 0.343 e. The number of aromatic nitrogens is 2. The fraction of sp³-hybridized carbons (Fsp3) is 0.375. The van der Waals surface area contributed by atoms with E-state index in [-0.39, 0.29) is 18.9 Å². The Morgan fingerprint density at radius 2 is 1.73 bits per heavy atom. The van der Waals surface area contributed by atoms with Gasteiger partial charge < -0.3 is 6.92 Å². The molecule has 0 spiro atoms. The zero-order valence-electron chi connectivity index (χ0n) is 7.33. The van der Waals surface area contributed by atoms with Gasteiger partial charge in [0.2, 0.25) is 0 Å². The first kappa shape index (κ1) is 13.3. The summed E-state index contributed by atoms with van der Waals surface area (Å²) < 4.78 is 0. The summed E-state index contributed by atoms with van der Waals surface area (Å²) in [6.07, 6.45) is 7.15. The molecular weight excluding hydrogens is 131 g/mol. The van der Waals surface area contributed by atoms with E-state index in [9.17, 15) is 0 Å². The molecule has 3 heteroatoms. The van der Waals surface area contributed by atoms with Gasteiger partial charge in [0.15, 0.2) is 0 Å². The van der Waals surface area contributed by atoms with Gasteiger partial charge in [-0.2, -0.15) is 6.42 Å². The summed E-state index contributed by atoms with van der Waals surface area (Å²) in [5.74, 6) is 0. The van der Waals surface area contributed by atoms with Gasteiger partial charge in [-0.3, -0.25) is 0 Å². The van der Waals surface area contributed by atoms with Crippen LogP contribution in [-0.2, 0) is 0 Å². The van der Waals surface area contributed by atoms with E-state index in [2.05, 4.69) is 23.8 Å². The second-order valence-electron chi connectivity index (χ2n) is 1.76. The first-order valence-electron chi connectivity index (χ1n) is 3.41. The van der Waals surface area contributed by atoms with Crippen LogP contribution in [0.5, 0.6) is 0 Å². The van der Waals surface area contributed by atoms with Crippen molar-refractivity contribution in [2.45, 2.75) is 19.8 Å². The molecule has 0 atom stereocenters. The summed E-state index contributed by atoms with van der Waals surface area (Å²) in [6.45, 7) is 5.72. The molecule has 0 unspecified atom stereocenters. The van der Waals surface area contributed by atoms with Gasteiger partial charge in [0.05, 0.1) is 0 Å². The van der Waals surface area contributed by atoms with Crippen LogP contribution < -0.4 is 18.9 Å². The molecule has 0 saturated carbocycles. The minimum atomic E-state index is 0. The van der Waals surface area contributed by atoms with Crippen molar-refractivity contribution in [1.82, 2.24) is 9.97 Å². The van der Waals surface area contributed by atoms with Gasteiger partial charge in [-0.1, -0.05) is 13.3 Å². The summed E-state index contributed by atoms with van der Waals surface area (Å²) in [7, 11) is 0. The first-order valence-corrected chi connectivity index (χ1v) is 3.41. The number of hydrogen-bond acceptors (Lipinski definition) is 2. The maximum atomic E-state index is 3.67. The van der Waals surface area contributed by atoms with Crippen molar-refractivity contribution in [3.05, 3.63) is 31.7 Å². The Morgan fingerprint density at radius 3 is 1.82 bits per heavy atom. The normalized spacial score (nSPS) is 7.09. The molecule has 56 valence electrons. The van der Waals surface area contributed by atoms with Crippen molar-refractivity contribution < 1.29 is 18.9 Å². The third-order valence-corrected chi connectivity index (χ3v) is 0.831. The van der Waals surface area contributed by atoms with E-state index in [1.165, 1.54) is 12.7 Å². The average Bonchev–Trinajstić information content (AvgIpc) is 2.08. The zero-order valence-corrected chi connectivity index (χ0v) is 7.33. The van der Waals surface area contributed by atoms with E-state index in [1.807, 2.05) is 0 Å². The van der Waals surface area contributed by atoms with Crippen LogP contribution in [0.3, 0.4) is 0 Å². The largest absolute Gasteiger partial charge is 1.00 e. The summed E-state index contributed by atoms with van der Waals surface area (Å²) in [5, 5.41) is 0. The first-order chi connectivity index (χ1) is 4.91. The van der Waals surface area contributed by atoms with Crippen LogP contribution in [0, 0.1) is 6.92 Å². The molecule has 0 aliphatic carbocycles. The van der Waals surface area contributed by atoms with Crippen LogP contribution in [0.4, 0.5) is 0 Å². The van der Waals surface area contributed by atoms with Crippen molar-refractivity contribution in [2.24, 2.45) is 0 Å². The molecular formula is C8H13LiN2. The fourth-order valence-electron chi connectivity index (χ4n) is 0.253. The fourth-order valence-corrected chi connectivity index (χ4v) is 0.253. The predicted molar refractivity (Wildman–Crippen MR) is 42.3 cm³/mol. The van der Waals surface area contributed by atoms with Gasteiger partial charge >= 0.3 is 18.9 Å². The Labute approximate surface area is 80.6 Å². The van der Waals surface area contributed by atoms with E-state index in [0.717, 1.165) is 6.42 Å². The molecule has 0 amide bonds. The van der Waals surface area contributed by atoms with Crippen LogP contribution in [0.2, 0.25) is 0 Å². The Hall–Kier alpha value is -0.323. The van der Waals surface area contributed by atoms with Gasteiger partial charge in [0.25, 0.3) is 0 Å². The molecule has 1 heterocycles. The molecule has 0 saturated heterocycles. The molecule has 0 radical (unpaired) electrons. The van der Waals surface area contributed by atoms with E-state index in [1.54, 1.807) is 18.5 Å². The van der Waals surface area contributed by atoms with Gasteiger partial charge in [0, 0.05) is 12.4 Å². The molecule has 0 N–H and O–H groups in total. The predicted octanol–water partition coefficient (Wildman–Crippen LogP) is -0.899. The number of nitrogens with zero attached hydrogens (tertiary/aromatic N) is 2. The van der Waals surface area contributed by atoms with Crippen LogP contribution in [0.1, 0.15) is 19.8 Å². The minimum absolute atomic E-state index is 0. The van der Waals surface area contributed by atoms with Crippen molar-refractivity contribution >= 4 is 0 Å². The van der Waals surface area contributed by atoms with E-state index in [0.29, 0.717) is 0 Å². The molecule has 0 aliphatic rings. The van der Waals surface area contributed by atoms with E-state index < -0.39 is 0 Å². The molecule has 0 aliphatic heterocycles. The zero-order chi connectivity index (χ0) is 7.66. The van der Waals surface area contributed by atoms with Crippen LogP contribution in [0.15, 0.2) is 24.8 Å². The summed E-state index contributed by atoms with van der Waals surface area (Å²) in [6, 6.07) is 1.78. The third-order valence-electron chi connectivity index (χ3n) is 0.831. The maximum absolute atomic E-state index is 3.67. The second-order valence-corrected chi connectivity index (χ2v) is 1.76. The number of hydrogen-bond donors (Lipinski definition) is 0. The van der Waals surface area contributed by atoms with Crippen LogP contribution in [-0.4, -0.2) is 9.97 Å². The van der Waals surface area contributed by atoms with Gasteiger partial charge in [-0.25, -0.2) is 9.97 Å². The monoisotopic (exact) mass is 144 g/mol. The Balaban J connectivity index is 0. The van der Waals surface area contributed by atoms with Crippen LogP contribution in [0.25, 0.3) is 0 Å². The molecule has 2 nitrogen and oxygen atoms in total. The molecule has 0 fully saturated rings. The number of rotatable bonds is 1. The molecule has 0 aromatic carbocycles. The summed E-state index contributed by atoms with van der Waals surface area (Å²) in [4.78, 5) is 7.35. The van der Waals surface area contributed by atoms with Crippen LogP contribution >= 0.6 is 0 Å². The summed E-state index contributed by atoms with van der Waals surface area (Å²) in [5.41, 5.74) is 0. The second kappa shape index (κ2) is 12.4. The molecule has 1 rings (SSSR count). The maximum Gasteiger partial charge on any atom is 1.00 e. The van der Waals surface area contributed by atoms with Crippen molar-refractivity contribution in [3.63, 3.8) is 0 Å². The van der Waals surface area contributed by atoms with Crippen molar-refractivity contribution in [3.8, 4) is 0 Å². The molecule has 11 heavy (non-hydrogen) atoms. The van der Waals surface area contributed by atoms with Gasteiger partial charge in [-0.05, 0) is 6.07 Å². The Kier molecular flexibility index (Phi) is 14.9. The Morgan fingerprint density at radius 1 is 1.27 bits per heavy atom. The van der Waals surface area contributed by atoms with Crippen molar-refractivity contribution in [2.75, 3.05) is 0 Å². The van der Waals surface area contributed by atoms with Gasteiger partial charge in [-0.15, -0.1) is 0 Å². The van der Waals surface area contributed by atoms with E-state index in [4.69, 9.17) is 0 Å².